The molecule has 1 aliphatic carbocycles. The lowest BCUT2D eigenvalue weighted by molar-refractivity contribution is -0.110. The van der Waals surface area contributed by atoms with Gasteiger partial charge in [-0.15, -0.1) is 0 Å². The molecule has 0 aliphatic heterocycles. The average molecular weight is 374 g/mol. The molecular weight excluding hydrogens is 346 g/mol. The zero-order chi connectivity index (χ0) is 18.6. The smallest absolute Gasteiger partial charge is 0.0939 e. The summed E-state index contributed by atoms with van der Waals surface area (Å²) in [7, 11) is 4.10. The largest absolute Gasteiger partial charge is 0.385 e. The third-order valence-electron chi connectivity index (χ3n) is 5.31. The molecule has 3 atom stereocenters. The Morgan fingerprint density at radius 3 is 2.62 bits per heavy atom. The number of nitrogens with zero attached hydrogens (tertiary/aromatic N) is 1. The van der Waals surface area contributed by atoms with Crippen molar-refractivity contribution < 1.29 is 9.84 Å². The number of hydrogen-bond donors (Lipinski definition) is 1. The van der Waals surface area contributed by atoms with E-state index in [0.717, 1.165) is 24.9 Å². The van der Waals surface area contributed by atoms with Gasteiger partial charge in [0.15, 0.2) is 0 Å². The molecule has 3 nitrogen and oxygen atoms in total. The monoisotopic (exact) mass is 373 g/mol. The maximum Gasteiger partial charge on any atom is 0.0939 e. The van der Waals surface area contributed by atoms with Crippen LogP contribution in [0.5, 0.6) is 0 Å². The maximum absolute atomic E-state index is 11.5. The van der Waals surface area contributed by atoms with Crippen LogP contribution in [-0.4, -0.2) is 36.8 Å². The van der Waals surface area contributed by atoms with Crippen molar-refractivity contribution in [2.45, 2.75) is 37.6 Å². The van der Waals surface area contributed by atoms with Crippen LogP contribution in [0.15, 0.2) is 54.6 Å². The van der Waals surface area contributed by atoms with Gasteiger partial charge in [0.05, 0.1) is 18.3 Å². The molecule has 26 heavy (non-hydrogen) atoms. The van der Waals surface area contributed by atoms with Gasteiger partial charge in [-0.05, 0) is 56.6 Å². The Labute approximate surface area is 161 Å². The van der Waals surface area contributed by atoms with Gasteiger partial charge >= 0.3 is 0 Å². The van der Waals surface area contributed by atoms with Crippen molar-refractivity contribution in [3.05, 3.63) is 70.7 Å². The molecule has 4 heteroatoms. The second-order valence-corrected chi connectivity index (χ2v) is 8.02. The zero-order valence-corrected chi connectivity index (χ0v) is 16.3. The highest BCUT2D eigenvalue weighted by atomic mass is 35.5. The van der Waals surface area contributed by atoms with Gasteiger partial charge in [-0.2, -0.15) is 0 Å². The van der Waals surface area contributed by atoms with E-state index in [1.54, 1.807) is 0 Å². The third kappa shape index (κ3) is 4.66. The molecule has 2 aromatic carbocycles. The van der Waals surface area contributed by atoms with Gasteiger partial charge in [-0.3, -0.25) is 0 Å². The van der Waals surface area contributed by atoms with E-state index in [-0.39, 0.29) is 12.0 Å². The molecule has 1 fully saturated rings. The zero-order valence-electron chi connectivity index (χ0n) is 15.6. The van der Waals surface area contributed by atoms with Gasteiger partial charge < -0.3 is 14.7 Å². The first-order valence-electron chi connectivity index (χ1n) is 9.26. The van der Waals surface area contributed by atoms with Gasteiger partial charge in [0.2, 0.25) is 0 Å². The molecule has 1 aliphatic rings. The topological polar surface area (TPSA) is 32.7 Å². The highest BCUT2D eigenvalue weighted by Gasteiger charge is 2.43. The normalized spacial score (nSPS) is 26.2. The van der Waals surface area contributed by atoms with Gasteiger partial charge in [0.25, 0.3) is 0 Å². The molecular formula is C22H28ClNO2. The van der Waals surface area contributed by atoms with E-state index in [1.165, 1.54) is 5.56 Å². The van der Waals surface area contributed by atoms with E-state index in [4.69, 9.17) is 16.3 Å². The summed E-state index contributed by atoms with van der Waals surface area (Å²) in [5.74, 6) is 0.102. The SMILES string of the molecule is CN(C)CC1CC(OCc2ccccc2)CCC1(O)c1cccc(Cl)c1. The number of rotatable bonds is 6. The lowest BCUT2D eigenvalue weighted by atomic mass is 9.70. The highest BCUT2D eigenvalue weighted by molar-refractivity contribution is 6.30. The first-order chi connectivity index (χ1) is 12.5. The van der Waals surface area contributed by atoms with Crippen LogP contribution in [-0.2, 0) is 16.9 Å². The van der Waals surface area contributed by atoms with Crippen LogP contribution in [0.2, 0.25) is 5.02 Å². The summed E-state index contributed by atoms with van der Waals surface area (Å²) >= 11 is 6.18. The van der Waals surface area contributed by atoms with Crippen LogP contribution in [0, 0.1) is 5.92 Å². The summed E-state index contributed by atoms with van der Waals surface area (Å²) < 4.78 is 6.18. The summed E-state index contributed by atoms with van der Waals surface area (Å²) in [5.41, 5.74) is 1.24. The van der Waals surface area contributed by atoms with Gasteiger partial charge in [0.1, 0.15) is 0 Å². The summed E-state index contributed by atoms with van der Waals surface area (Å²) in [6, 6.07) is 17.9. The third-order valence-corrected chi connectivity index (χ3v) is 5.54. The van der Waals surface area contributed by atoms with Crippen molar-refractivity contribution in [1.82, 2.24) is 4.90 Å². The molecule has 0 amide bonds. The average Bonchev–Trinajstić information content (AvgIpc) is 2.63. The Morgan fingerprint density at radius 2 is 1.92 bits per heavy atom. The second-order valence-electron chi connectivity index (χ2n) is 7.59. The molecule has 3 unspecified atom stereocenters. The standard InChI is InChI=1S/C22H28ClNO2/c1-24(2)15-19-14-21(26-16-17-7-4-3-5-8-17)11-12-22(19,25)18-9-6-10-20(23)13-18/h3-10,13,19,21,25H,11-12,14-16H2,1-2H3. The first-order valence-corrected chi connectivity index (χ1v) is 9.64. The fourth-order valence-corrected chi connectivity index (χ4v) is 4.15. The summed E-state index contributed by atoms with van der Waals surface area (Å²) in [5, 5.41) is 12.2. The van der Waals surface area contributed by atoms with Crippen LogP contribution < -0.4 is 0 Å². The Morgan fingerprint density at radius 1 is 1.15 bits per heavy atom. The fourth-order valence-electron chi connectivity index (χ4n) is 3.96. The predicted molar refractivity (Wildman–Crippen MR) is 106 cm³/mol. The Balaban J connectivity index is 1.72. The lowest BCUT2D eigenvalue weighted by Crippen LogP contribution is -2.46. The van der Waals surface area contributed by atoms with Crippen LogP contribution in [0.25, 0.3) is 0 Å². The van der Waals surface area contributed by atoms with E-state index < -0.39 is 5.60 Å². The molecule has 1 saturated carbocycles. The number of halogens is 1. The van der Waals surface area contributed by atoms with Crippen molar-refractivity contribution in [3.63, 3.8) is 0 Å². The molecule has 140 valence electrons. The van der Waals surface area contributed by atoms with E-state index in [2.05, 4.69) is 17.0 Å². The Bertz CT molecular complexity index is 706. The summed E-state index contributed by atoms with van der Waals surface area (Å²) in [4.78, 5) is 2.14. The highest BCUT2D eigenvalue weighted by Crippen LogP contribution is 2.43. The van der Waals surface area contributed by atoms with E-state index in [1.807, 2.05) is 56.6 Å². The minimum Gasteiger partial charge on any atom is -0.385 e. The quantitative estimate of drug-likeness (QED) is 0.810. The van der Waals surface area contributed by atoms with Gasteiger partial charge in [-0.25, -0.2) is 0 Å². The number of ether oxygens (including phenoxy) is 1. The fraction of sp³-hybridized carbons (Fsp3) is 0.455. The van der Waals surface area contributed by atoms with Crippen LogP contribution in [0.3, 0.4) is 0 Å². The number of benzene rings is 2. The van der Waals surface area contributed by atoms with Crippen molar-refractivity contribution in [1.29, 1.82) is 0 Å². The van der Waals surface area contributed by atoms with Crippen LogP contribution in [0.4, 0.5) is 0 Å². The first kappa shape index (κ1) is 19.4. The minimum absolute atomic E-state index is 0.102. The number of aliphatic hydroxyl groups is 1. The van der Waals surface area contributed by atoms with E-state index >= 15 is 0 Å². The Hall–Kier alpha value is -1.39. The van der Waals surface area contributed by atoms with Crippen LogP contribution >= 0.6 is 11.6 Å². The lowest BCUT2D eigenvalue weighted by Gasteiger charge is -2.44. The van der Waals surface area contributed by atoms with E-state index in [0.29, 0.717) is 18.1 Å². The molecule has 2 aromatic rings. The maximum atomic E-state index is 11.5. The van der Waals surface area contributed by atoms with Crippen molar-refractivity contribution in [3.8, 4) is 0 Å². The molecule has 0 spiro atoms. The molecule has 0 heterocycles. The van der Waals surface area contributed by atoms with Gasteiger partial charge in [0, 0.05) is 17.5 Å². The molecule has 0 bridgehead atoms. The summed E-state index contributed by atoms with van der Waals surface area (Å²) in [6.07, 6.45) is 2.54. The van der Waals surface area contributed by atoms with Crippen molar-refractivity contribution in [2.75, 3.05) is 20.6 Å². The van der Waals surface area contributed by atoms with Crippen LogP contribution in [0.1, 0.15) is 30.4 Å². The molecule has 0 radical (unpaired) electrons. The van der Waals surface area contributed by atoms with Crippen molar-refractivity contribution in [2.24, 2.45) is 5.92 Å². The van der Waals surface area contributed by atoms with E-state index in [9.17, 15) is 5.11 Å². The number of hydrogen-bond acceptors (Lipinski definition) is 3. The van der Waals surface area contributed by atoms with Crippen molar-refractivity contribution >= 4 is 11.6 Å². The van der Waals surface area contributed by atoms with Gasteiger partial charge in [-0.1, -0.05) is 54.1 Å². The second kappa shape index (κ2) is 8.53. The predicted octanol–water partition coefficient (Wildman–Crippen LogP) is 4.47. The Kier molecular flexibility index (Phi) is 6.36. The molecule has 0 aromatic heterocycles. The molecule has 0 saturated heterocycles. The molecule has 3 rings (SSSR count). The minimum atomic E-state index is -0.859. The molecule has 1 N–H and O–H groups in total. The summed E-state index contributed by atoms with van der Waals surface area (Å²) in [6.45, 7) is 1.43.